The van der Waals surface area contributed by atoms with Gasteiger partial charge >= 0.3 is 0 Å². The minimum absolute atomic E-state index is 0.182. The molecular formula is C14H19ClN2O4S. The number of carbonyl (C=O) groups excluding carboxylic acids is 1. The summed E-state index contributed by atoms with van der Waals surface area (Å²) in [5.74, 6) is -1.01. The summed E-state index contributed by atoms with van der Waals surface area (Å²) in [6, 6.07) is 7.09. The van der Waals surface area contributed by atoms with Gasteiger partial charge in [0.15, 0.2) is 0 Å². The fourth-order valence-electron chi connectivity index (χ4n) is 2.35. The van der Waals surface area contributed by atoms with Crippen LogP contribution in [0.25, 0.3) is 0 Å². The number of benzene rings is 1. The molecule has 0 aliphatic carbocycles. The molecule has 0 spiro atoms. The standard InChI is InChI=1S/C14H19ClN2O4S/c1-10-8-21-13(11-5-3-4-6-12(11)15)7-17(10)14(18)9-22(19,20)16-2/h3-6,10,13,16H,7-9H2,1-2H3/t10-,13-/m1/s1. The first kappa shape index (κ1) is 17.2. The molecule has 6 nitrogen and oxygen atoms in total. The predicted octanol–water partition coefficient (Wildman–Crippen LogP) is 1.18. The maximum absolute atomic E-state index is 12.3. The Labute approximate surface area is 135 Å². The van der Waals surface area contributed by atoms with Crippen LogP contribution in [-0.4, -0.2) is 51.2 Å². The first-order valence-electron chi connectivity index (χ1n) is 6.91. The SMILES string of the molecule is CNS(=O)(=O)CC(=O)N1C[C@H](c2ccccc2Cl)OC[C@H]1C. The molecule has 1 aromatic carbocycles. The van der Waals surface area contributed by atoms with E-state index < -0.39 is 21.7 Å². The molecule has 0 unspecified atom stereocenters. The van der Waals surface area contributed by atoms with Gasteiger partial charge in [0, 0.05) is 10.6 Å². The van der Waals surface area contributed by atoms with Crippen LogP contribution in [0.1, 0.15) is 18.6 Å². The van der Waals surface area contributed by atoms with E-state index in [1.165, 1.54) is 11.9 Å². The van der Waals surface area contributed by atoms with E-state index in [4.69, 9.17) is 16.3 Å². The Morgan fingerprint density at radius 1 is 1.45 bits per heavy atom. The molecule has 0 saturated carbocycles. The lowest BCUT2D eigenvalue weighted by Gasteiger charge is -2.38. The van der Waals surface area contributed by atoms with Crippen molar-refractivity contribution >= 4 is 27.5 Å². The first-order chi connectivity index (χ1) is 10.3. The first-order valence-corrected chi connectivity index (χ1v) is 8.94. The second-order valence-electron chi connectivity index (χ2n) is 5.20. The number of amides is 1. The summed E-state index contributed by atoms with van der Waals surface area (Å²) >= 11 is 6.16. The maximum Gasteiger partial charge on any atom is 0.239 e. The number of rotatable bonds is 4. The Bertz CT molecular complexity index is 650. The largest absolute Gasteiger partial charge is 0.369 e. The predicted molar refractivity (Wildman–Crippen MR) is 84.2 cm³/mol. The molecule has 1 amide bonds. The number of morpholine rings is 1. The fraction of sp³-hybridized carbons (Fsp3) is 0.500. The third kappa shape index (κ3) is 3.98. The van der Waals surface area contributed by atoms with E-state index in [9.17, 15) is 13.2 Å². The van der Waals surface area contributed by atoms with Crippen LogP contribution < -0.4 is 4.72 Å². The molecule has 22 heavy (non-hydrogen) atoms. The molecule has 2 atom stereocenters. The summed E-state index contributed by atoms with van der Waals surface area (Å²) in [7, 11) is -2.30. The lowest BCUT2D eigenvalue weighted by Crippen LogP contribution is -2.50. The van der Waals surface area contributed by atoms with Crippen molar-refractivity contribution in [1.82, 2.24) is 9.62 Å². The van der Waals surface area contributed by atoms with Crippen LogP contribution in [-0.2, 0) is 19.6 Å². The van der Waals surface area contributed by atoms with Crippen LogP contribution in [0.4, 0.5) is 0 Å². The van der Waals surface area contributed by atoms with Gasteiger partial charge in [-0.25, -0.2) is 13.1 Å². The van der Waals surface area contributed by atoms with Crippen LogP contribution >= 0.6 is 11.6 Å². The van der Waals surface area contributed by atoms with Crippen LogP contribution in [0.5, 0.6) is 0 Å². The highest BCUT2D eigenvalue weighted by molar-refractivity contribution is 7.90. The average Bonchev–Trinajstić information content (AvgIpc) is 2.48. The van der Waals surface area contributed by atoms with Gasteiger partial charge in [0.05, 0.1) is 19.2 Å². The Balaban J connectivity index is 2.15. The number of hydrogen-bond acceptors (Lipinski definition) is 4. The summed E-state index contributed by atoms with van der Waals surface area (Å²) in [6.07, 6.45) is -0.355. The van der Waals surface area contributed by atoms with Crippen LogP contribution in [0.2, 0.25) is 5.02 Å². The summed E-state index contributed by atoms with van der Waals surface area (Å²) in [6.45, 7) is 2.44. The Hall–Kier alpha value is -1.15. The molecule has 1 heterocycles. The van der Waals surface area contributed by atoms with Crippen molar-refractivity contribution in [3.63, 3.8) is 0 Å². The van der Waals surface area contributed by atoms with Gasteiger partial charge in [0.25, 0.3) is 0 Å². The number of nitrogens with one attached hydrogen (secondary N) is 1. The maximum atomic E-state index is 12.3. The van der Waals surface area contributed by atoms with Gasteiger partial charge in [-0.3, -0.25) is 4.79 Å². The van der Waals surface area contributed by atoms with Crippen molar-refractivity contribution < 1.29 is 17.9 Å². The zero-order valence-electron chi connectivity index (χ0n) is 12.5. The van der Waals surface area contributed by atoms with E-state index in [1.807, 2.05) is 25.1 Å². The Kier molecular flexibility index (Phi) is 5.44. The van der Waals surface area contributed by atoms with E-state index in [-0.39, 0.29) is 18.7 Å². The van der Waals surface area contributed by atoms with Gasteiger partial charge in [0.1, 0.15) is 11.9 Å². The Morgan fingerprint density at radius 2 is 2.14 bits per heavy atom. The van der Waals surface area contributed by atoms with E-state index in [0.717, 1.165) is 5.56 Å². The number of carbonyl (C=O) groups is 1. The molecule has 1 aliphatic heterocycles. The zero-order valence-corrected chi connectivity index (χ0v) is 14.0. The van der Waals surface area contributed by atoms with Crippen molar-refractivity contribution in [2.75, 3.05) is 26.0 Å². The minimum Gasteiger partial charge on any atom is -0.369 e. The fourth-order valence-corrected chi connectivity index (χ4v) is 3.24. The summed E-state index contributed by atoms with van der Waals surface area (Å²) in [5, 5.41) is 0.567. The van der Waals surface area contributed by atoms with Gasteiger partial charge < -0.3 is 9.64 Å². The lowest BCUT2D eigenvalue weighted by atomic mass is 10.1. The zero-order chi connectivity index (χ0) is 16.3. The molecule has 1 aliphatic rings. The highest BCUT2D eigenvalue weighted by Crippen LogP contribution is 2.29. The number of hydrogen-bond donors (Lipinski definition) is 1. The normalized spacial score (nSPS) is 22.6. The quantitative estimate of drug-likeness (QED) is 0.888. The van der Waals surface area contributed by atoms with E-state index >= 15 is 0 Å². The molecule has 1 aromatic rings. The minimum atomic E-state index is -3.59. The molecule has 1 saturated heterocycles. The second-order valence-corrected chi connectivity index (χ2v) is 7.54. The van der Waals surface area contributed by atoms with E-state index in [0.29, 0.717) is 11.6 Å². The molecule has 2 rings (SSSR count). The van der Waals surface area contributed by atoms with Crippen LogP contribution in [0.3, 0.4) is 0 Å². The molecular weight excluding hydrogens is 328 g/mol. The molecule has 8 heteroatoms. The van der Waals surface area contributed by atoms with E-state index in [2.05, 4.69) is 4.72 Å². The number of ether oxygens (including phenoxy) is 1. The molecule has 0 radical (unpaired) electrons. The molecule has 1 fully saturated rings. The number of nitrogens with zero attached hydrogens (tertiary/aromatic N) is 1. The molecule has 1 N–H and O–H groups in total. The van der Waals surface area contributed by atoms with Crippen molar-refractivity contribution in [3.05, 3.63) is 34.9 Å². The third-order valence-electron chi connectivity index (χ3n) is 3.63. The van der Waals surface area contributed by atoms with Gasteiger partial charge in [-0.15, -0.1) is 0 Å². The Morgan fingerprint density at radius 3 is 2.77 bits per heavy atom. The van der Waals surface area contributed by atoms with Gasteiger partial charge in [0.2, 0.25) is 15.9 Å². The average molecular weight is 347 g/mol. The van der Waals surface area contributed by atoms with Crippen molar-refractivity contribution in [3.8, 4) is 0 Å². The van der Waals surface area contributed by atoms with Crippen molar-refractivity contribution in [2.45, 2.75) is 19.1 Å². The second kappa shape index (κ2) is 6.95. The lowest BCUT2D eigenvalue weighted by molar-refractivity contribution is -0.141. The van der Waals surface area contributed by atoms with Gasteiger partial charge in [-0.2, -0.15) is 0 Å². The topological polar surface area (TPSA) is 75.7 Å². The highest BCUT2D eigenvalue weighted by atomic mass is 35.5. The smallest absolute Gasteiger partial charge is 0.239 e. The highest BCUT2D eigenvalue weighted by Gasteiger charge is 2.32. The summed E-state index contributed by atoms with van der Waals surface area (Å²) in [4.78, 5) is 13.8. The van der Waals surface area contributed by atoms with Crippen LogP contribution in [0.15, 0.2) is 24.3 Å². The summed E-state index contributed by atoms with van der Waals surface area (Å²) < 4.78 is 31.0. The van der Waals surface area contributed by atoms with E-state index in [1.54, 1.807) is 6.07 Å². The molecule has 122 valence electrons. The molecule has 0 bridgehead atoms. The monoisotopic (exact) mass is 346 g/mol. The van der Waals surface area contributed by atoms with Crippen molar-refractivity contribution in [1.29, 1.82) is 0 Å². The summed E-state index contributed by atoms with van der Waals surface area (Å²) in [5.41, 5.74) is 0.797. The number of halogens is 1. The van der Waals surface area contributed by atoms with Gasteiger partial charge in [-0.05, 0) is 20.0 Å². The van der Waals surface area contributed by atoms with Crippen LogP contribution in [0, 0.1) is 0 Å². The third-order valence-corrected chi connectivity index (χ3v) is 5.22. The van der Waals surface area contributed by atoms with Gasteiger partial charge in [-0.1, -0.05) is 29.8 Å². The number of sulfonamides is 1. The van der Waals surface area contributed by atoms with Crippen molar-refractivity contribution in [2.24, 2.45) is 0 Å². The molecule has 0 aromatic heterocycles.